The summed E-state index contributed by atoms with van der Waals surface area (Å²) in [5.74, 6) is -0.0948. The highest BCUT2D eigenvalue weighted by Gasteiger charge is 2.17. The minimum absolute atomic E-state index is 0.0528. The summed E-state index contributed by atoms with van der Waals surface area (Å²) in [7, 11) is -3.89. The van der Waals surface area contributed by atoms with Crippen LogP contribution in [-0.4, -0.2) is 18.4 Å². The molecule has 0 aliphatic heterocycles. The quantitative estimate of drug-likeness (QED) is 0.706. The van der Waals surface area contributed by atoms with Gasteiger partial charge in [0, 0.05) is 11.8 Å². The smallest absolute Gasteiger partial charge is 0.264 e. The fraction of sp³-hybridized carbons (Fsp3) is 0.0588. The van der Waals surface area contributed by atoms with Gasteiger partial charge in [0.2, 0.25) is 0 Å². The molecule has 134 valence electrons. The van der Waals surface area contributed by atoms with Crippen LogP contribution in [0.3, 0.4) is 0 Å². The molecule has 3 rings (SSSR count). The van der Waals surface area contributed by atoms with Crippen molar-refractivity contribution in [1.29, 1.82) is 0 Å². The van der Waals surface area contributed by atoms with Gasteiger partial charge in [-0.2, -0.15) is 0 Å². The van der Waals surface area contributed by atoms with Crippen molar-refractivity contribution in [2.45, 2.75) is 11.8 Å². The van der Waals surface area contributed by atoms with Gasteiger partial charge in [-0.3, -0.25) is 4.72 Å². The molecule has 0 bridgehead atoms. The molecule has 9 heteroatoms. The summed E-state index contributed by atoms with van der Waals surface area (Å²) >= 11 is 6.19. The maximum Gasteiger partial charge on any atom is 0.264 e. The molecule has 2 heterocycles. The molecule has 0 aliphatic carbocycles. The van der Waals surface area contributed by atoms with Crippen molar-refractivity contribution in [2.24, 2.45) is 0 Å². The largest absolute Gasteiger partial charge is 0.384 e. The summed E-state index contributed by atoms with van der Waals surface area (Å²) < 4.78 is 40.6. The number of hydrogen-bond acceptors (Lipinski definition) is 5. The van der Waals surface area contributed by atoms with Gasteiger partial charge in [-0.15, -0.1) is 0 Å². The Morgan fingerprint density at radius 2 is 1.92 bits per heavy atom. The second-order valence-corrected chi connectivity index (χ2v) is 7.60. The number of aryl methyl sites for hydroxylation is 1. The first-order valence-electron chi connectivity index (χ1n) is 7.44. The monoisotopic (exact) mass is 392 g/mol. The van der Waals surface area contributed by atoms with Crippen LogP contribution < -0.4 is 10.5 Å². The summed E-state index contributed by atoms with van der Waals surface area (Å²) in [5.41, 5.74) is 7.05. The molecule has 26 heavy (non-hydrogen) atoms. The van der Waals surface area contributed by atoms with E-state index in [0.717, 1.165) is 6.20 Å². The number of hydrogen-bond donors (Lipinski definition) is 2. The van der Waals surface area contributed by atoms with Gasteiger partial charge in [0.1, 0.15) is 22.3 Å². The first-order valence-corrected chi connectivity index (χ1v) is 9.30. The van der Waals surface area contributed by atoms with Crippen LogP contribution in [0, 0.1) is 12.7 Å². The van der Waals surface area contributed by atoms with Gasteiger partial charge in [-0.1, -0.05) is 11.6 Å². The average Bonchev–Trinajstić information content (AvgIpc) is 2.57. The molecule has 6 nitrogen and oxygen atoms in total. The third-order valence-electron chi connectivity index (χ3n) is 3.60. The normalized spacial score (nSPS) is 11.3. The number of nitrogens with zero attached hydrogens (tertiary/aromatic N) is 2. The van der Waals surface area contributed by atoms with Gasteiger partial charge in [-0.25, -0.2) is 22.8 Å². The number of anilines is 2. The highest BCUT2D eigenvalue weighted by molar-refractivity contribution is 7.92. The zero-order valence-electron chi connectivity index (χ0n) is 13.6. The molecule has 2 aromatic heterocycles. The van der Waals surface area contributed by atoms with Gasteiger partial charge in [0.15, 0.2) is 0 Å². The Kier molecular flexibility index (Phi) is 4.80. The summed E-state index contributed by atoms with van der Waals surface area (Å²) in [6.45, 7) is 1.72. The Labute approximate surface area is 154 Å². The zero-order valence-corrected chi connectivity index (χ0v) is 15.1. The number of pyridine rings is 2. The topological polar surface area (TPSA) is 98.0 Å². The Bertz CT molecular complexity index is 1070. The Morgan fingerprint density at radius 3 is 2.58 bits per heavy atom. The minimum atomic E-state index is -3.89. The highest BCUT2D eigenvalue weighted by atomic mass is 35.5. The standard InChI is InChI=1S/C17H14ClFN4O2S/c1-10-8-11(19)2-4-13(10)17-14(18)5-7-16(22-17)23-26(24,25)12-3-6-15(20)21-9-12/h2-9H,1H3,(H2,20,21)(H,22,23). The maximum absolute atomic E-state index is 13.3. The molecular formula is C17H14ClFN4O2S. The first kappa shape index (κ1) is 18.1. The molecule has 0 radical (unpaired) electrons. The Hall–Kier alpha value is -2.71. The van der Waals surface area contributed by atoms with Gasteiger partial charge in [0.05, 0.1) is 10.7 Å². The van der Waals surface area contributed by atoms with Crippen LogP contribution in [-0.2, 0) is 10.0 Å². The van der Waals surface area contributed by atoms with Crippen molar-refractivity contribution >= 4 is 33.3 Å². The summed E-state index contributed by atoms with van der Waals surface area (Å²) in [6.07, 6.45) is 1.15. The Balaban J connectivity index is 1.98. The molecule has 3 aromatic rings. The molecule has 0 saturated heterocycles. The number of rotatable bonds is 4. The van der Waals surface area contributed by atoms with E-state index < -0.39 is 10.0 Å². The molecule has 0 fully saturated rings. The molecule has 0 amide bonds. The van der Waals surface area contributed by atoms with Crippen LogP contribution >= 0.6 is 11.6 Å². The Morgan fingerprint density at radius 1 is 1.15 bits per heavy atom. The molecule has 0 unspecified atom stereocenters. The predicted octanol–water partition coefficient (Wildman–Crippen LogP) is 3.63. The second-order valence-electron chi connectivity index (χ2n) is 5.51. The summed E-state index contributed by atoms with van der Waals surface area (Å²) in [5, 5.41) is 0.316. The molecular weight excluding hydrogens is 379 g/mol. The van der Waals surface area contributed by atoms with Crippen molar-refractivity contribution in [3.05, 3.63) is 65.1 Å². The van der Waals surface area contributed by atoms with E-state index in [1.54, 1.807) is 13.0 Å². The first-order chi connectivity index (χ1) is 12.3. The highest BCUT2D eigenvalue weighted by Crippen LogP contribution is 2.30. The van der Waals surface area contributed by atoms with Crippen LogP contribution in [0.2, 0.25) is 5.02 Å². The van der Waals surface area contributed by atoms with E-state index in [0.29, 0.717) is 21.8 Å². The lowest BCUT2D eigenvalue weighted by Crippen LogP contribution is -2.14. The predicted molar refractivity (Wildman–Crippen MR) is 98.8 cm³/mol. The van der Waals surface area contributed by atoms with Crippen LogP contribution in [0.1, 0.15) is 5.56 Å². The van der Waals surface area contributed by atoms with Crippen molar-refractivity contribution in [1.82, 2.24) is 9.97 Å². The zero-order chi connectivity index (χ0) is 18.9. The molecule has 0 spiro atoms. The van der Waals surface area contributed by atoms with Crippen molar-refractivity contribution in [3.63, 3.8) is 0 Å². The third-order valence-corrected chi connectivity index (χ3v) is 5.24. The van der Waals surface area contributed by atoms with Gasteiger partial charge < -0.3 is 5.73 Å². The number of nitrogens with two attached hydrogens (primary N) is 1. The summed E-state index contributed by atoms with van der Waals surface area (Å²) in [4.78, 5) is 7.99. The van der Waals surface area contributed by atoms with Crippen LogP contribution in [0.15, 0.2) is 53.6 Å². The fourth-order valence-corrected chi connectivity index (χ4v) is 3.48. The van der Waals surface area contributed by atoms with Crippen molar-refractivity contribution in [2.75, 3.05) is 10.5 Å². The molecule has 0 atom stereocenters. The number of aromatic nitrogens is 2. The number of benzene rings is 1. The van der Waals surface area contributed by atoms with Crippen molar-refractivity contribution < 1.29 is 12.8 Å². The fourth-order valence-electron chi connectivity index (χ4n) is 2.33. The van der Waals surface area contributed by atoms with E-state index in [-0.39, 0.29) is 22.3 Å². The lowest BCUT2D eigenvalue weighted by Gasteiger charge is -2.11. The van der Waals surface area contributed by atoms with E-state index in [1.165, 1.54) is 36.4 Å². The van der Waals surface area contributed by atoms with Gasteiger partial charge in [0.25, 0.3) is 10.0 Å². The van der Waals surface area contributed by atoms with E-state index in [1.807, 2.05) is 0 Å². The molecule has 0 saturated carbocycles. The number of halogens is 2. The second kappa shape index (κ2) is 6.89. The van der Waals surface area contributed by atoms with E-state index in [2.05, 4.69) is 14.7 Å². The van der Waals surface area contributed by atoms with Gasteiger partial charge in [-0.05, 0) is 55.0 Å². The SMILES string of the molecule is Cc1cc(F)ccc1-c1nc(NS(=O)(=O)c2ccc(N)nc2)ccc1Cl. The van der Waals surface area contributed by atoms with E-state index >= 15 is 0 Å². The molecule has 0 aliphatic rings. The average molecular weight is 393 g/mol. The minimum Gasteiger partial charge on any atom is -0.384 e. The third kappa shape index (κ3) is 3.76. The van der Waals surface area contributed by atoms with Crippen LogP contribution in [0.5, 0.6) is 0 Å². The molecule has 3 N–H and O–H groups in total. The summed E-state index contributed by atoms with van der Waals surface area (Å²) in [6, 6.07) is 9.87. The lowest BCUT2D eigenvalue weighted by atomic mass is 10.1. The van der Waals surface area contributed by atoms with Crippen molar-refractivity contribution in [3.8, 4) is 11.3 Å². The maximum atomic E-state index is 13.3. The van der Waals surface area contributed by atoms with E-state index in [9.17, 15) is 12.8 Å². The number of nitrogen functional groups attached to an aromatic ring is 1. The van der Waals surface area contributed by atoms with Crippen LogP contribution in [0.25, 0.3) is 11.3 Å². The molecule has 1 aromatic carbocycles. The van der Waals surface area contributed by atoms with Crippen LogP contribution in [0.4, 0.5) is 16.0 Å². The number of nitrogens with one attached hydrogen (secondary N) is 1. The number of sulfonamides is 1. The lowest BCUT2D eigenvalue weighted by molar-refractivity contribution is 0.600. The van der Waals surface area contributed by atoms with E-state index in [4.69, 9.17) is 17.3 Å². The van der Waals surface area contributed by atoms with Gasteiger partial charge >= 0.3 is 0 Å².